The highest BCUT2D eigenvalue weighted by molar-refractivity contribution is 7.13. The molecule has 4 heterocycles. The van der Waals surface area contributed by atoms with Crippen molar-refractivity contribution in [3.8, 4) is 10.6 Å². The molecule has 5 rings (SSSR count). The number of fused-ring (bicyclic) bond motifs is 3. The van der Waals surface area contributed by atoms with Gasteiger partial charge in [-0.3, -0.25) is 4.90 Å². The van der Waals surface area contributed by atoms with Gasteiger partial charge in [0, 0.05) is 24.7 Å². The van der Waals surface area contributed by atoms with Crippen LogP contribution >= 0.6 is 11.3 Å². The number of carbonyl (C=O) groups is 1. The quantitative estimate of drug-likeness (QED) is 0.497. The van der Waals surface area contributed by atoms with Gasteiger partial charge in [0.15, 0.2) is 11.2 Å². The first-order valence-corrected chi connectivity index (χ1v) is 12.5. The van der Waals surface area contributed by atoms with Crippen molar-refractivity contribution < 1.29 is 32.2 Å². The van der Waals surface area contributed by atoms with E-state index in [1.54, 1.807) is 16.5 Å². The van der Waals surface area contributed by atoms with E-state index in [2.05, 4.69) is 9.97 Å². The molecule has 12 heteroatoms. The second-order valence-electron chi connectivity index (χ2n) is 10.5. The van der Waals surface area contributed by atoms with Gasteiger partial charge < -0.3 is 19.2 Å². The summed E-state index contributed by atoms with van der Waals surface area (Å²) in [4.78, 5) is 25.2. The van der Waals surface area contributed by atoms with E-state index in [4.69, 9.17) is 9.15 Å². The van der Waals surface area contributed by atoms with Crippen molar-refractivity contribution in [1.82, 2.24) is 14.9 Å². The number of ether oxygens (including phenoxy) is 1. The normalized spacial score (nSPS) is 22.2. The first kappa shape index (κ1) is 24.8. The predicted molar refractivity (Wildman–Crippen MR) is 128 cm³/mol. The molecule has 3 unspecified atom stereocenters. The zero-order chi connectivity index (χ0) is 26.0. The maximum atomic E-state index is 13.6. The molecule has 1 amide bonds. The number of aromatic nitrogens is 2. The number of hydrogen-bond donors (Lipinski definition) is 1. The highest BCUT2D eigenvalue weighted by Gasteiger charge is 2.52. The van der Waals surface area contributed by atoms with E-state index in [0.29, 0.717) is 36.2 Å². The average Bonchev–Trinajstić information content (AvgIpc) is 3.49. The Bertz CT molecular complexity index is 1270. The van der Waals surface area contributed by atoms with Crippen LogP contribution in [0.4, 0.5) is 24.0 Å². The average molecular weight is 525 g/mol. The summed E-state index contributed by atoms with van der Waals surface area (Å²) in [7, 11) is 0. The van der Waals surface area contributed by atoms with Crippen molar-refractivity contribution in [2.24, 2.45) is 0 Å². The summed E-state index contributed by atoms with van der Waals surface area (Å²) >= 11 is 1.25. The summed E-state index contributed by atoms with van der Waals surface area (Å²) in [6, 6.07) is 2.54. The van der Waals surface area contributed by atoms with E-state index in [9.17, 15) is 23.1 Å². The molecule has 2 fully saturated rings. The standard InChI is InChI=1S/C24H27F3N4O4S/c1-22(2,3)35-21(32)31-14-5-6-15(31)12-30(11-14)20-29-17-10-13(23(4,33)24(25,26)27)9-16(18(17)34-20)19-28-7-8-36-19/h7-10,14-15,33H,5-6,11-12H2,1-4H3. The monoisotopic (exact) mass is 524 g/mol. The topological polar surface area (TPSA) is 91.9 Å². The Morgan fingerprint density at radius 2 is 1.83 bits per heavy atom. The molecule has 2 aliphatic heterocycles. The maximum Gasteiger partial charge on any atom is 0.421 e. The van der Waals surface area contributed by atoms with E-state index < -0.39 is 17.4 Å². The van der Waals surface area contributed by atoms with E-state index in [0.717, 1.165) is 12.8 Å². The number of piperazine rings is 1. The number of oxazole rings is 1. The van der Waals surface area contributed by atoms with Crippen molar-refractivity contribution in [2.75, 3.05) is 18.0 Å². The molecule has 0 spiro atoms. The van der Waals surface area contributed by atoms with Crippen molar-refractivity contribution in [1.29, 1.82) is 0 Å². The Morgan fingerprint density at radius 3 is 2.39 bits per heavy atom. The van der Waals surface area contributed by atoms with E-state index in [1.165, 1.54) is 23.5 Å². The molecular weight excluding hydrogens is 497 g/mol. The number of carbonyl (C=O) groups excluding carboxylic acids is 1. The van der Waals surface area contributed by atoms with Gasteiger partial charge >= 0.3 is 12.3 Å². The molecule has 2 saturated heterocycles. The van der Waals surface area contributed by atoms with Gasteiger partial charge in [-0.2, -0.15) is 18.2 Å². The highest BCUT2D eigenvalue weighted by atomic mass is 32.1. The summed E-state index contributed by atoms with van der Waals surface area (Å²) in [5.41, 5.74) is -3.21. The molecule has 36 heavy (non-hydrogen) atoms. The Labute approximate surface area is 209 Å². The Hall–Kier alpha value is -2.86. The third-order valence-corrected chi connectivity index (χ3v) is 7.42. The van der Waals surface area contributed by atoms with Gasteiger partial charge in [0.05, 0.1) is 17.6 Å². The number of rotatable bonds is 3. The summed E-state index contributed by atoms with van der Waals surface area (Å²) in [6.45, 7) is 7.11. The van der Waals surface area contributed by atoms with Crippen molar-refractivity contribution in [3.63, 3.8) is 0 Å². The summed E-state index contributed by atoms with van der Waals surface area (Å²) in [5.74, 6) is 0. The summed E-state index contributed by atoms with van der Waals surface area (Å²) < 4.78 is 52.6. The van der Waals surface area contributed by atoms with E-state index in [-0.39, 0.29) is 35.3 Å². The van der Waals surface area contributed by atoms with Crippen LogP contribution < -0.4 is 4.90 Å². The van der Waals surface area contributed by atoms with Crippen LogP contribution in [-0.2, 0) is 10.3 Å². The lowest BCUT2D eigenvalue weighted by Crippen LogP contribution is -2.56. The van der Waals surface area contributed by atoms with Crippen molar-refractivity contribution in [3.05, 3.63) is 29.3 Å². The van der Waals surface area contributed by atoms with Crippen LogP contribution in [0, 0.1) is 0 Å². The van der Waals surface area contributed by atoms with Crippen molar-refractivity contribution in [2.45, 2.75) is 70.0 Å². The number of thiazole rings is 1. The zero-order valence-electron chi connectivity index (χ0n) is 20.3. The van der Waals surface area contributed by atoms with Gasteiger partial charge in [0.25, 0.3) is 6.01 Å². The van der Waals surface area contributed by atoms with Gasteiger partial charge in [-0.25, -0.2) is 9.78 Å². The number of nitrogens with zero attached hydrogens (tertiary/aromatic N) is 4. The molecule has 0 radical (unpaired) electrons. The van der Waals surface area contributed by atoms with Crippen LogP contribution in [0.2, 0.25) is 0 Å². The number of aliphatic hydroxyl groups is 1. The molecule has 0 aliphatic carbocycles. The largest absolute Gasteiger partial charge is 0.444 e. The number of halogens is 3. The highest BCUT2D eigenvalue weighted by Crippen LogP contribution is 2.43. The molecule has 3 atom stereocenters. The SMILES string of the molecule is CC(C)(C)OC(=O)N1C2CCC1CN(c1nc3cc(C(C)(O)C(F)(F)F)cc(-c4nccs4)c3o1)C2. The minimum atomic E-state index is -4.88. The number of anilines is 1. The molecule has 2 aromatic heterocycles. The summed E-state index contributed by atoms with van der Waals surface area (Å²) in [5, 5.41) is 12.5. The number of benzene rings is 1. The second kappa shape index (κ2) is 8.34. The smallest absolute Gasteiger partial charge is 0.421 e. The Kier molecular flexibility index (Phi) is 5.75. The van der Waals surface area contributed by atoms with Gasteiger partial charge in [0.2, 0.25) is 0 Å². The van der Waals surface area contributed by atoms with Crippen LogP contribution in [0.15, 0.2) is 28.1 Å². The van der Waals surface area contributed by atoms with Gasteiger partial charge in [-0.05, 0) is 58.2 Å². The molecule has 1 N–H and O–H groups in total. The lowest BCUT2D eigenvalue weighted by molar-refractivity contribution is -0.258. The molecule has 8 nitrogen and oxygen atoms in total. The van der Waals surface area contributed by atoms with Crippen LogP contribution in [0.25, 0.3) is 21.7 Å². The third-order valence-electron chi connectivity index (χ3n) is 6.61. The minimum Gasteiger partial charge on any atom is -0.444 e. The van der Waals surface area contributed by atoms with E-state index in [1.807, 2.05) is 25.7 Å². The fourth-order valence-corrected chi connectivity index (χ4v) is 5.44. The van der Waals surface area contributed by atoms with Crippen molar-refractivity contribution >= 4 is 34.5 Å². The van der Waals surface area contributed by atoms with E-state index >= 15 is 0 Å². The summed E-state index contributed by atoms with van der Waals surface area (Å²) in [6.07, 6.45) is -2.07. The van der Waals surface area contributed by atoms with Crippen LogP contribution in [0.1, 0.15) is 46.1 Å². The van der Waals surface area contributed by atoms with Gasteiger partial charge in [0.1, 0.15) is 16.1 Å². The lowest BCUT2D eigenvalue weighted by Gasteiger charge is -2.40. The molecule has 194 valence electrons. The number of amides is 1. The number of alkyl halides is 3. The minimum absolute atomic E-state index is 0.0893. The predicted octanol–water partition coefficient (Wildman–Crippen LogP) is 5.31. The first-order chi connectivity index (χ1) is 16.7. The zero-order valence-corrected chi connectivity index (χ0v) is 21.1. The molecule has 1 aromatic carbocycles. The van der Waals surface area contributed by atoms with Gasteiger partial charge in [-0.1, -0.05) is 0 Å². The van der Waals surface area contributed by atoms with Crippen LogP contribution in [0.5, 0.6) is 0 Å². The fourth-order valence-electron chi connectivity index (χ4n) is 4.79. The van der Waals surface area contributed by atoms with Gasteiger partial charge in [-0.15, -0.1) is 11.3 Å². The van der Waals surface area contributed by atoms with Crippen LogP contribution in [-0.4, -0.2) is 63.0 Å². The van der Waals surface area contributed by atoms with Crippen LogP contribution in [0.3, 0.4) is 0 Å². The Morgan fingerprint density at radius 1 is 1.17 bits per heavy atom. The molecule has 3 aromatic rings. The number of hydrogen-bond acceptors (Lipinski definition) is 8. The molecule has 2 aliphatic rings. The lowest BCUT2D eigenvalue weighted by atomic mass is 9.93. The Balaban J connectivity index is 1.50. The first-order valence-electron chi connectivity index (χ1n) is 11.6. The maximum absolute atomic E-state index is 13.6. The fraction of sp³-hybridized carbons (Fsp3) is 0.542. The third kappa shape index (κ3) is 4.30. The molecule has 0 saturated carbocycles. The second-order valence-corrected chi connectivity index (χ2v) is 11.3. The molecular formula is C24H27F3N4O4S. The molecule has 2 bridgehead atoms.